The first-order chi connectivity index (χ1) is 15.0. The summed E-state index contributed by atoms with van der Waals surface area (Å²) < 4.78 is 17.9. The standard InChI is InChI=1S/C20H25N3O6S2/c1-27-8-7-23-15-4-3-14(19(26)28-2)11-16(15)31-20(23)21-17(24)12-30-13-18(25)22-5-9-29-10-6-22/h3-4,11H,5-10,12-13H2,1-2H3. The predicted octanol–water partition coefficient (Wildman–Crippen LogP) is 1.16. The number of hydrogen-bond acceptors (Lipinski definition) is 8. The van der Waals surface area contributed by atoms with Gasteiger partial charge in [-0.3, -0.25) is 9.59 Å². The molecule has 2 heterocycles. The molecule has 9 nitrogen and oxygen atoms in total. The van der Waals surface area contributed by atoms with E-state index in [4.69, 9.17) is 14.2 Å². The number of morpholine rings is 1. The molecule has 0 atom stereocenters. The summed E-state index contributed by atoms with van der Waals surface area (Å²) in [7, 11) is 2.94. The first-order valence-corrected chi connectivity index (χ1v) is 11.7. The van der Waals surface area contributed by atoms with E-state index in [9.17, 15) is 14.4 Å². The van der Waals surface area contributed by atoms with E-state index in [1.807, 2.05) is 10.6 Å². The Kier molecular flexibility index (Phi) is 8.64. The van der Waals surface area contributed by atoms with Crippen LogP contribution in [0.15, 0.2) is 23.2 Å². The van der Waals surface area contributed by atoms with Gasteiger partial charge in [0.2, 0.25) is 5.91 Å². The summed E-state index contributed by atoms with van der Waals surface area (Å²) in [6, 6.07) is 5.23. The molecule has 0 aliphatic carbocycles. The van der Waals surface area contributed by atoms with E-state index in [0.29, 0.717) is 49.8 Å². The van der Waals surface area contributed by atoms with Crippen LogP contribution in [-0.4, -0.2) is 85.9 Å². The normalized spacial score (nSPS) is 14.8. The molecular formula is C20H25N3O6S2. The number of nitrogens with zero attached hydrogens (tertiary/aromatic N) is 3. The Morgan fingerprint density at radius 3 is 2.68 bits per heavy atom. The zero-order valence-electron chi connectivity index (χ0n) is 17.5. The van der Waals surface area contributed by atoms with Gasteiger partial charge in [0, 0.05) is 26.7 Å². The van der Waals surface area contributed by atoms with E-state index >= 15 is 0 Å². The Labute approximate surface area is 188 Å². The molecule has 0 saturated carbocycles. The Morgan fingerprint density at radius 1 is 1.19 bits per heavy atom. The van der Waals surface area contributed by atoms with Crippen LogP contribution < -0.4 is 4.80 Å². The van der Waals surface area contributed by atoms with Crippen molar-refractivity contribution in [3.8, 4) is 0 Å². The molecule has 1 fully saturated rings. The number of methoxy groups -OCH3 is 2. The first-order valence-electron chi connectivity index (χ1n) is 9.75. The SMILES string of the molecule is COCCn1c(=NC(=O)CSCC(=O)N2CCOCC2)sc2cc(C(=O)OC)ccc21. The van der Waals surface area contributed by atoms with Crippen LogP contribution in [-0.2, 0) is 30.3 Å². The van der Waals surface area contributed by atoms with Crippen LogP contribution in [0.2, 0.25) is 0 Å². The van der Waals surface area contributed by atoms with Gasteiger partial charge in [0.05, 0.1) is 54.2 Å². The summed E-state index contributed by atoms with van der Waals surface area (Å²) >= 11 is 2.58. The predicted molar refractivity (Wildman–Crippen MR) is 118 cm³/mol. The lowest BCUT2D eigenvalue weighted by molar-refractivity contribution is -0.132. The molecule has 1 aromatic carbocycles. The maximum Gasteiger partial charge on any atom is 0.337 e. The highest BCUT2D eigenvalue weighted by atomic mass is 32.2. The van der Waals surface area contributed by atoms with E-state index < -0.39 is 5.97 Å². The Morgan fingerprint density at radius 2 is 1.97 bits per heavy atom. The van der Waals surface area contributed by atoms with Gasteiger partial charge >= 0.3 is 5.97 Å². The van der Waals surface area contributed by atoms with E-state index in [1.165, 1.54) is 30.2 Å². The van der Waals surface area contributed by atoms with Gasteiger partial charge in [-0.15, -0.1) is 11.8 Å². The summed E-state index contributed by atoms with van der Waals surface area (Å²) in [6.45, 7) is 3.25. The van der Waals surface area contributed by atoms with Crippen molar-refractivity contribution >= 4 is 51.1 Å². The second-order valence-corrected chi connectivity index (χ2v) is 8.69. The number of benzene rings is 1. The number of rotatable bonds is 8. The first kappa shape index (κ1) is 23.5. The zero-order valence-corrected chi connectivity index (χ0v) is 19.1. The summed E-state index contributed by atoms with van der Waals surface area (Å²) in [5.41, 5.74) is 1.29. The molecule has 3 rings (SSSR count). The summed E-state index contributed by atoms with van der Waals surface area (Å²) in [4.78, 5) is 43.0. The molecule has 1 saturated heterocycles. The summed E-state index contributed by atoms with van der Waals surface area (Å²) in [5.74, 6) is -0.379. The van der Waals surface area contributed by atoms with Crippen LogP contribution in [0.25, 0.3) is 10.2 Å². The van der Waals surface area contributed by atoms with Gasteiger partial charge in [0.15, 0.2) is 4.80 Å². The topological polar surface area (TPSA) is 99.4 Å². The lowest BCUT2D eigenvalue weighted by Gasteiger charge is -2.26. The highest BCUT2D eigenvalue weighted by molar-refractivity contribution is 8.00. The molecule has 31 heavy (non-hydrogen) atoms. The van der Waals surface area contributed by atoms with Crippen molar-refractivity contribution in [2.24, 2.45) is 4.99 Å². The van der Waals surface area contributed by atoms with Crippen molar-refractivity contribution in [2.75, 3.05) is 58.6 Å². The van der Waals surface area contributed by atoms with E-state index in [-0.39, 0.29) is 23.3 Å². The third kappa shape index (κ3) is 6.16. The van der Waals surface area contributed by atoms with Gasteiger partial charge in [-0.1, -0.05) is 11.3 Å². The van der Waals surface area contributed by atoms with Crippen molar-refractivity contribution in [1.82, 2.24) is 9.47 Å². The fourth-order valence-corrected chi connectivity index (χ4v) is 4.88. The average molecular weight is 468 g/mol. The Hall–Kier alpha value is -2.21. The van der Waals surface area contributed by atoms with Gasteiger partial charge < -0.3 is 23.7 Å². The van der Waals surface area contributed by atoms with Crippen molar-refractivity contribution in [3.63, 3.8) is 0 Å². The van der Waals surface area contributed by atoms with Crippen LogP contribution >= 0.6 is 23.1 Å². The molecule has 0 radical (unpaired) electrons. The van der Waals surface area contributed by atoms with E-state index in [0.717, 1.165) is 10.2 Å². The lowest BCUT2D eigenvalue weighted by atomic mass is 10.2. The number of carbonyl (C=O) groups is 3. The molecule has 11 heteroatoms. The fourth-order valence-electron chi connectivity index (χ4n) is 3.07. The molecule has 0 bridgehead atoms. The number of fused-ring (bicyclic) bond motifs is 1. The molecular weight excluding hydrogens is 442 g/mol. The zero-order chi connectivity index (χ0) is 22.2. The minimum Gasteiger partial charge on any atom is -0.465 e. The maximum absolute atomic E-state index is 12.5. The smallest absolute Gasteiger partial charge is 0.337 e. The Bertz CT molecular complexity index is 1010. The van der Waals surface area contributed by atoms with E-state index in [2.05, 4.69) is 4.99 Å². The van der Waals surface area contributed by atoms with Crippen molar-refractivity contribution in [2.45, 2.75) is 6.54 Å². The highest BCUT2D eigenvalue weighted by Gasteiger charge is 2.17. The largest absolute Gasteiger partial charge is 0.465 e. The molecule has 0 N–H and O–H groups in total. The van der Waals surface area contributed by atoms with Gasteiger partial charge in [0.25, 0.3) is 5.91 Å². The molecule has 2 aromatic rings. The van der Waals surface area contributed by atoms with E-state index in [1.54, 1.807) is 24.1 Å². The maximum atomic E-state index is 12.5. The molecule has 168 valence electrons. The van der Waals surface area contributed by atoms with Crippen LogP contribution in [0.3, 0.4) is 0 Å². The highest BCUT2D eigenvalue weighted by Crippen LogP contribution is 2.20. The number of carbonyl (C=O) groups excluding carboxylic acids is 3. The van der Waals surface area contributed by atoms with Crippen molar-refractivity contribution < 1.29 is 28.6 Å². The minimum atomic E-state index is -0.422. The molecule has 0 unspecified atom stereocenters. The van der Waals surface area contributed by atoms with Crippen LogP contribution in [0, 0.1) is 0 Å². The second-order valence-electron chi connectivity index (χ2n) is 6.69. The number of amides is 2. The number of esters is 1. The molecule has 1 aliphatic heterocycles. The number of ether oxygens (including phenoxy) is 3. The molecule has 2 amide bonds. The Balaban J connectivity index is 1.73. The van der Waals surface area contributed by atoms with Crippen LogP contribution in [0.1, 0.15) is 10.4 Å². The minimum absolute atomic E-state index is 0.00783. The van der Waals surface area contributed by atoms with Gasteiger partial charge in [0.1, 0.15) is 0 Å². The third-order valence-electron chi connectivity index (χ3n) is 4.66. The van der Waals surface area contributed by atoms with Crippen molar-refractivity contribution in [3.05, 3.63) is 28.6 Å². The number of thioether (sulfide) groups is 1. The number of hydrogen-bond donors (Lipinski definition) is 0. The average Bonchev–Trinajstić information content (AvgIpc) is 3.13. The quantitative estimate of drug-likeness (QED) is 0.537. The van der Waals surface area contributed by atoms with Crippen LogP contribution in [0.4, 0.5) is 0 Å². The summed E-state index contributed by atoms with van der Waals surface area (Å²) in [5, 5.41) is 0. The lowest BCUT2D eigenvalue weighted by Crippen LogP contribution is -2.41. The molecule has 0 spiro atoms. The summed E-state index contributed by atoms with van der Waals surface area (Å²) in [6.07, 6.45) is 0. The number of thiazole rings is 1. The molecule has 1 aliphatic rings. The van der Waals surface area contributed by atoms with Gasteiger partial charge in [-0.05, 0) is 18.2 Å². The fraction of sp³-hybridized carbons (Fsp3) is 0.500. The molecule has 1 aromatic heterocycles. The number of aromatic nitrogens is 1. The second kappa shape index (κ2) is 11.4. The third-order valence-corrected chi connectivity index (χ3v) is 6.60. The monoisotopic (exact) mass is 467 g/mol. The van der Waals surface area contributed by atoms with Crippen molar-refractivity contribution in [1.29, 1.82) is 0 Å². The van der Waals surface area contributed by atoms with Gasteiger partial charge in [-0.25, -0.2) is 4.79 Å². The van der Waals surface area contributed by atoms with Crippen LogP contribution in [0.5, 0.6) is 0 Å². The van der Waals surface area contributed by atoms with Gasteiger partial charge in [-0.2, -0.15) is 4.99 Å².